The number of fused-ring (bicyclic) bond motifs is 2. The van der Waals surface area contributed by atoms with E-state index in [-0.39, 0.29) is 68.3 Å². The molecule has 0 aliphatic rings. The predicted octanol–water partition coefficient (Wildman–Crippen LogP) is 6.69. The zero-order valence-corrected chi connectivity index (χ0v) is 33.1. The zero-order chi connectivity index (χ0) is 41.6. The number of hydrogen-bond acceptors (Lipinski definition) is 9. The Hall–Kier alpha value is -6.07. The molecule has 1 atom stereocenters. The van der Waals surface area contributed by atoms with Gasteiger partial charge in [-0.3, -0.25) is 14.0 Å². The SMILES string of the molecule is COc1ccc(CN(c2nn(C)c3c(-n4c(C(Cc5cc(F)cc(F)c5)NC(=O)OC(C)(C)C)nc5c(C(=O)O)cccc5c4=O)ccc(Cl)c23)S(C)(=O)=O)cc1. The Morgan fingerprint density at radius 2 is 1.68 bits per heavy atom. The third-order valence-electron chi connectivity index (χ3n) is 8.78. The van der Waals surface area contributed by atoms with Crippen molar-refractivity contribution < 1.29 is 41.4 Å². The first-order valence-electron chi connectivity index (χ1n) is 17.3. The molecule has 0 saturated carbocycles. The number of halogens is 3. The van der Waals surface area contributed by atoms with Crippen molar-refractivity contribution in [3.8, 4) is 11.4 Å². The van der Waals surface area contributed by atoms with E-state index in [4.69, 9.17) is 21.1 Å². The Bertz CT molecular complexity index is 2710. The topological polar surface area (TPSA) is 175 Å². The monoisotopic (exact) mass is 822 g/mol. The molecule has 2 aromatic heterocycles. The third kappa shape index (κ3) is 8.53. The average molecular weight is 823 g/mol. The first kappa shape index (κ1) is 40.6. The number of aromatic nitrogens is 4. The van der Waals surface area contributed by atoms with Crippen molar-refractivity contribution in [3.63, 3.8) is 0 Å². The van der Waals surface area contributed by atoms with E-state index in [1.807, 2.05) is 0 Å². The number of carboxylic acids is 1. The normalized spacial score (nSPS) is 12.4. The Morgan fingerprint density at radius 1 is 1.02 bits per heavy atom. The molecule has 0 aliphatic heterocycles. The smallest absolute Gasteiger partial charge is 0.408 e. The van der Waals surface area contributed by atoms with E-state index < -0.39 is 50.9 Å². The minimum absolute atomic E-state index is 0.0464. The molecule has 0 spiro atoms. The summed E-state index contributed by atoms with van der Waals surface area (Å²) in [5.41, 5.74) is -1.55. The van der Waals surface area contributed by atoms with Gasteiger partial charge in [-0.2, -0.15) is 5.10 Å². The zero-order valence-electron chi connectivity index (χ0n) is 31.5. The number of alkyl carbamates (subject to hydrolysis) is 1. The van der Waals surface area contributed by atoms with Gasteiger partial charge in [0, 0.05) is 19.5 Å². The number of ether oxygens (including phenoxy) is 2. The number of nitrogens with zero attached hydrogens (tertiary/aromatic N) is 5. The van der Waals surface area contributed by atoms with Gasteiger partial charge < -0.3 is 19.9 Å². The second kappa shape index (κ2) is 15.5. The van der Waals surface area contributed by atoms with Crippen molar-refractivity contribution in [2.45, 2.75) is 45.4 Å². The van der Waals surface area contributed by atoms with Crippen LogP contribution >= 0.6 is 11.6 Å². The van der Waals surface area contributed by atoms with Crippen molar-refractivity contribution in [2.75, 3.05) is 17.7 Å². The lowest BCUT2D eigenvalue weighted by Gasteiger charge is -2.26. The number of methoxy groups -OCH3 is 1. The fourth-order valence-corrected chi connectivity index (χ4v) is 7.49. The van der Waals surface area contributed by atoms with E-state index in [0.717, 1.165) is 27.3 Å². The van der Waals surface area contributed by atoms with Crippen molar-refractivity contribution in [2.24, 2.45) is 7.05 Å². The maximum absolute atomic E-state index is 14.8. The van der Waals surface area contributed by atoms with Gasteiger partial charge in [-0.1, -0.05) is 29.8 Å². The van der Waals surface area contributed by atoms with Crippen molar-refractivity contribution in [3.05, 3.63) is 122 Å². The van der Waals surface area contributed by atoms with Crippen molar-refractivity contribution in [1.29, 1.82) is 0 Å². The van der Waals surface area contributed by atoms with Crippen LogP contribution in [0.25, 0.3) is 27.5 Å². The lowest BCUT2D eigenvalue weighted by Crippen LogP contribution is -2.39. The minimum Gasteiger partial charge on any atom is -0.497 e. The number of amides is 1. The molecule has 1 amide bonds. The van der Waals surface area contributed by atoms with Gasteiger partial charge in [0.1, 0.15) is 28.8 Å². The van der Waals surface area contributed by atoms with Crippen LogP contribution in [-0.2, 0) is 34.8 Å². The van der Waals surface area contributed by atoms with Gasteiger partial charge in [0.25, 0.3) is 5.56 Å². The summed E-state index contributed by atoms with van der Waals surface area (Å²) in [5.74, 6) is -3.00. The molecule has 2 N–H and O–H groups in total. The van der Waals surface area contributed by atoms with E-state index in [2.05, 4.69) is 15.4 Å². The second-order valence-corrected chi connectivity index (χ2v) is 16.5. The van der Waals surface area contributed by atoms with Crippen LogP contribution < -0.4 is 19.9 Å². The lowest BCUT2D eigenvalue weighted by atomic mass is 10.0. The maximum atomic E-state index is 14.8. The molecule has 6 aromatic rings. The highest BCUT2D eigenvalue weighted by Crippen LogP contribution is 2.38. The summed E-state index contributed by atoms with van der Waals surface area (Å²) in [6.07, 6.45) is -0.339. The van der Waals surface area contributed by atoms with Gasteiger partial charge in [-0.05, 0) is 80.4 Å². The fourth-order valence-electron chi connectivity index (χ4n) is 6.42. The Balaban J connectivity index is 1.66. The molecule has 6 rings (SSSR count). The fraction of sp³-hybridized carbons (Fsp3) is 0.256. The summed E-state index contributed by atoms with van der Waals surface area (Å²) in [4.78, 5) is 45.3. The van der Waals surface area contributed by atoms with Gasteiger partial charge >= 0.3 is 12.1 Å². The molecule has 2 heterocycles. The molecule has 0 bridgehead atoms. The predicted molar refractivity (Wildman–Crippen MR) is 210 cm³/mol. The number of rotatable bonds is 11. The first-order valence-corrected chi connectivity index (χ1v) is 19.5. The highest BCUT2D eigenvalue weighted by molar-refractivity contribution is 7.92. The van der Waals surface area contributed by atoms with Crippen LogP contribution in [-0.4, -0.2) is 63.9 Å². The number of aromatic carboxylic acids is 1. The molecule has 18 heteroatoms. The molecule has 1 unspecified atom stereocenters. The van der Waals surface area contributed by atoms with Crippen LogP contribution in [0.1, 0.15) is 54.1 Å². The number of sulfonamides is 1. The van der Waals surface area contributed by atoms with Crippen LogP contribution in [0.2, 0.25) is 5.02 Å². The number of carbonyl (C=O) groups is 2. The summed E-state index contributed by atoms with van der Waals surface area (Å²) in [5, 5.41) is 17.4. The standard InChI is InChI=1S/C39H37ClF2N6O8S/c1-39(2,3)56-38(52)43-29(18-22-16-23(41)19-24(42)17-22)34-44-32-26(8-7-9-27(32)37(50)51)36(49)48(34)30-15-14-28(40)31-33(30)46(4)45-35(31)47(57(6,53)54)20-21-10-12-25(55-5)13-11-21/h7-17,19,29H,18,20H2,1-6H3,(H,43,52)(H,50,51). The van der Waals surface area contributed by atoms with Gasteiger partial charge in [-0.25, -0.2) is 36.1 Å². The van der Waals surface area contributed by atoms with Gasteiger partial charge in [0.05, 0.1) is 64.0 Å². The van der Waals surface area contributed by atoms with Crippen LogP contribution in [0, 0.1) is 11.6 Å². The Morgan fingerprint density at radius 3 is 2.28 bits per heavy atom. The van der Waals surface area contributed by atoms with Gasteiger partial charge in [0.15, 0.2) is 5.82 Å². The Kier molecular flexibility index (Phi) is 11.0. The third-order valence-corrected chi connectivity index (χ3v) is 10.2. The molecule has 0 saturated heterocycles. The first-order chi connectivity index (χ1) is 26.7. The molecule has 0 fully saturated rings. The molecule has 298 valence electrons. The average Bonchev–Trinajstić information content (AvgIpc) is 3.46. The molecule has 14 nitrogen and oxygen atoms in total. The summed E-state index contributed by atoms with van der Waals surface area (Å²) >= 11 is 6.83. The van der Waals surface area contributed by atoms with Gasteiger partial charge in [-0.15, -0.1) is 0 Å². The summed E-state index contributed by atoms with van der Waals surface area (Å²) in [7, 11) is -1.03. The number of nitrogens with one attached hydrogen (secondary N) is 1. The molecule has 57 heavy (non-hydrogen) atoms. The Labute approximate surface area is 330 Å². The number of anilines is 1. The summed E-state index contributed by atoms with van der Waals surface area (Å²) in [6, 6.07) is 14.9. The molecular weight excluding hydrogens is 786 g/mol. The van der Waals surface area contributed by atoms with Crippen LogP contribution in [0.15, 0.2) is 77.6 Å². The molecule has 4 aromatic carbocycles. The van der Waals surface area contributed by atoms with Crippen molar-refractivity contribution in [1.82, 2.24) is 24.6 Å². The van der Waals surface area contributed by atoms with Crippen LogP contribution in [0.5, 0.6) is 5.75 Å². The highest BCUT2D eigenvalue weighted by Gasteiger charge is 2.31. The number of aryl methyl sites for hydroxylation is 1. The number of carboxylic acid groups (broad SMARTS) is 1. The quantitative estimate of drug-likeness (QED) is 0.143. The van der Waals surface area contributed by atoms with Crippen LogP contribution in [0.4, 0.5) is 19.4 Å². The van der Waals surface area contributed by atoms with Gasteiger partial charge in [0.2, 0.25) is 10.0 Å². The van der Waals surface area contributed by atoms with E-state index >= 15 is 0 Å². The number of carbonyl (C=O) groups excluding carboxylic acids is 1. The van der Waals surface area contributed by atoms with E-state index in [1.165, 1.54) is 49.2 Å². The molecule has 0 aliphatic carbocycles. The lowest BCUT2D eigenvalue weighted by molar-refractivity contribution is 0.0499. The van der Waals surface area contributed by atoms with Crippen molar-refractivity contribution >= 4 is 61.3 Å². The highest BCUT2D eigenvalue weighted by atomic mass is 35.5. The van der Waals surface area contributed by atoms with E-state index in [9.17, 15) is 36.7 Å². The number of benzene rings is 4. The van der Waals surface area contributed by atoms with E-state index in [1.54, 1.807) is 45.0 Å². The van der Waals surface area contributed by atoms with Crippen LogP contribution in [0.3, 0.4) is 0 Å². The summed E-state index contributed by atoms with van der Waals surface area (Å²) in [6.45, 7) is 4.69. The molecular formula is C39H37ClF2N6O8S. The molecule has 0 radical (unpaired) electrons. The largest absolute Gasteiger partial charge is 0.497 e. The number of para-hydroxylation sites is 1. The minimum atomic E-state index is -4.04. The summed E-state index contributed by atoms with van der Waals surface area (Å²) < 4.78 is 70.2. The van der Waals surface area contributed by atoms with E-state index in [0.29, 0.717) is 17.4 Å². The maximum Gasteiger partial charge on any atom is 0.408 e. The number of hydrogen-bond donors (Lipinski definition) is 2. The second-order valence-electron chi connectivity index (χ2n) is 14.2.